The highest BCUT2D eigenvalue weighted by Crippen LogP contribution is 2.18. The van der Waals surface area contributed by atoms with Crippen molar-refractivity contribution in [1.82, 2.24) is 9.80 Å². The van der Waals surface area contributed by atoms with E-state index in [2.05, 4.69) is 35.9 Å². The van der Waals surface area contributed by atoms with Crippen LogP contribution in [0.3, 0.4) is 0 Å². The third-order valence-corrected chi connectivity index (χ3v) is 3.74. The quantitative estimate of drug-likeness (QED) is 0.878. The molecule has 1 aliphatic heterocycles. The topological polar surface area (TPSA) is 26.7 Å². The molecule has 0 saturated carbocycles. The summed E-state index contributed by atoms with van der Waals surface area (Å²) >= 11 is 0. The second-order valence-electron chi connectivity index (χ2n) is 5.36. The number of rotatable bonds is 4. The van der Waals surface area contributed by atoms with Crippen molar-refractivity contribution in [3.05, 3.63) is 35.4 Å². The Morgan fingerprint density at radius 1 is 1.22 bits per heavy atom. The van der Waals surface area contributed by atoms with Crippen molar-refractivity contribution in [2.24, 2.45) is 0 Å². The van der Waals surface area contributed by atoms with Crippen LogP contribution in [-0.2, 0) is 0 Å². The zero-order valence-corrected chi connectivity index (χ0v) is 11.5. The van der Waals surface area contributed by atoms with Gasteiger partial charge in [-0.3, -0.25) is 0 Å². The first-order valence-corrected chi connectivity index (χ1v) is 6.80. The summed E-state index contributed by atoms with van der Waals surface area (Å²) in [5.41, 5.74) is 2.26. The third kappa shape index (κ3) is 3.80. The summed E-state index contributed by atoms with van der Waals surface area (Å²) in [6, 6.07) is 8.18. The van der Waals surface area contributed by atoms with E-state index in [0.29, 0.717) is 0 Å². The Bertz CT molecular complexity index is 373. The lowest BCUT2D eigenvalue weighted by molar-refractivity contribution is 0.113. The number of aliphatic hydroxyl groups is 1. The number of nitrogens with zero attached hydrogens (tertiary/aromatic N) is 2. The second kappa shape index (κ2) is 6.32. The van der Waals surface area contributed by atoms with Gasteiger partial charge < -0.3 is 14.9 Å². The van der Waals surface area contributed by atoms with Crippen molar-refractivity contribution in [2.75, 3.05) is 39.8 Å². The Hall–Kier alpha value is -0.900. The minimum Gasteiger partial charge on any atom is -0.388 e. The standard InChI is InChI=1S/C15H24N2O/c1-13-4-3-5-14(12-13)15(18)6-7-17-10-8-16(2)9-11-17/h3-5,12,15,18H,6-11H2,1-2H3. The molecule has 1 atom stereocenters. The molecule has 1 saturated heterocycles. The first kappa shape index (κ1) is 13.5. The molecular weight excluding hydrogens is 224 g/mol. The van der Waals surface area contributed by atoms with Crippen LogP contribution in [0.4, 0.5) is 0 Å². The molecule has 1 heterocycles. The van der Waals surface area contributed by atoms with Gasteiger partial charge in [-0.2, -0.15) is 0 Å². The van der Waals surface area contributed by atoms with E-state index < -0.39 is 0 Å². The predicted octanol–water partition coefficient (Wildman–Crippen LogP) is 1.67. The van der Waals surface area contributed by atoms with E-state index in [1.54, 1.807) is 0 Å². The fraction of sp³-hybridized carbons (Fsp3) is 0.600. The van der Waals surface area contributed by atoms with Crippen molar-refractivity contribution < 1.29 is 5.11 Å². The van der Waals surface area contributed by atoms with Gasteiger partial charge in [0.1, 0.15) is 0 Å². The van der Waals surface area contributed by atoms with Crippen LogP contribution >= 0.6 is 0 Å². The summed E-state index contributed by atoms with van der Waals surface area (Å²) in [5, 5.41) is 10.2. The average Bonchev–Trinajstić information content (AvgIpc) is 2.38. The summed E-state index contributed by atoms with van der Waals surface area (Å²) in [6.45, 7) is 7.58. The first-order chi connectivity index (χ1) is 8.65. The number of hydrogen-bond donors (Lipinski definition) is 1. The van der Waals surface area contributed by atoms with Gasteiger partial charge in [-0.1, -0.05) is 29.8 Å². The van der Waals surface area contributed by atoms with Gasteiger partial charge in [-0.15, -0.1) is 0 Å². The number of piperazine rings is 1. The summed E-state index contributed by atoms with van der Waals surface area (Å²) in [6.07, 6.45) is 0.497. The molecule has 1 unspecified atom stereocenters. The van der Waals surface area contributed by atoms with Crippen LogP contribution in [0.2, 0.25) is 0 Å². The zero-order chi connectivity index (χ0) is 13.0. The second-order valence-corrected chi connectivity index (χ2v) is 5.36. The number of benzene rings is 1. The Morgan fingerprint density at radius 2 is 1.94 bits per heavy atom. The highest BCUT2D eigenvalue weighted by atomic mass is 16.3. The van der Waals surface area contributed by atoms with Gasteiger partial charge in [0.05, 0.1) is 6.10 Å². The van der Waals surface area contributed by atoms with Crippen molar-refractivity contribution in [3.8, 4) is 0 Å². The lowest BCUT2D eigenvalue weighted by Gasteiger charge is -2.32. The van der Waals surface area contributed by atoms with Gasteiger partial charge in [0.2, 0.25) is 0 Å². The molecule has 1 aliphatic rings. The zero-order valence-electron chi connectivity index (χ0n) is 11.5. The van der Waals surface area contributed by atoms with E-state index in [0.717, 1.165) is 44.7 Å². The number of hydrogen-bond acceptors (Lipinski definition) is 3. The maximum atomic E-state index is 10.2. The van der Waals surface area contributed by atoms with E-state index in [-0.39, 0.29) is 6.10 Å². The van der Waals surface area contributed by atoms with E-state index in [1.165, 1.54) is 5.56 Å². The molecule has 1 N–H and O–H groups in total. The van der Waals surface area contributed by atoms with Crippen molar-refractivity contribution >= 4 is 0 Å². The Balaban J connectivity index is 1.79. The van der Waals surface area contributed by atoms with Gasteiger partial charge in [-0.05, 0) is 26.0 Å². The fourth-order valence-corrected chi connectivity index (χ4v) is 2.42. The molecule has 2 rings (SSSR count). The fourth-order valence-electron chi connectivity index (χ4n) is 2.42. The maximum absolute atomic E-state index is 10.2. The smallest absolute Gasteiger partial charge is 0.0802 e. The molecule has 3 nitrogen and oxygen atoms in total. The van der Waals surface area contributed by atoms with Gasteiger partial charge in [-0.25, -0.2) is 0 Å². The van der Waals surface area contributed by atoms with E-state index in [1.807, 2.05) is 12.1 Å². The van der Waals surface area contributed by atoms with E-state index in [4.69, 9.17) is 0 Å². The van der Waals surface area contributed by atoms with Crippen molar-refractivity contribution in [1.29, 1.82) is 0 Å². The summed E-state index contributed by atoms with van der Waals surface area (Å²) in [7, 11) is 2.17. The van der Waals surface area contributed by atoms with Gasteiger partial charge in [0.15, 0.2) is 0 Å². The van der Waals surface area contributed by atoms with E-state index in [9.17, 15) is 5.11 Å². The van der Waals surface area contributed by atoms with Crippen LogP contribution in [-0.4, -0.2) is 54.7 Å². The molecule has 1 aromatic carbocycles. The summed E-state index contributed by atoms with van der Waals surface area (Å²) in [4.78, 5) is 4.80. The minimum absolute atomic E-state index is 0.329. The van der Waals surface area contributed by atoms with E-state index >= 15 is 0 Å². The SMILES string of the molecule is Cc1cccc(C(O)CCN2CCN(C)CC2)c1. The molecule has 18 heavy (non-hydrogen) atoms. The minimum atomic E-state index is -0.329. The molecule has 1 aromatic rings. The monoisotopic (exact) mass is 248 g/mol. The largest absolute Gasteiger partial charge is 0.388 e. The average molecular weight is 248 g/mol. The molecule has 1 fully saturated rings. The molecule has 0 bridgehead atoms. The lowest BCUT2D eigenvalue weighted by Crippen LogP contribution is -2.44. The molecule has 0 radical (unpaired) electrons. The Kier molecular flexibility index (Phi) is 4.75. The van der Waals surface area contributed by atoms with Gasteiger partial charge in [0.25, 0.3) is 0 Å². The highest BCUT2D eigenvalue weighted by Gasteiger charge is 2.15. The molecule has 3 heteroatoms. The van der Waals surface area contributed by atoms with Crippen LogP contribution in [0.5, 0.6) is 0 Å². The first-order valence-electron chi connectivity index (χ1n) is 6.80. The predicted molar refractivity (Wildman–Crippen MR) is 74.7 cm³/mol. The molecule has 0 aromatic heterocycles. The maximum Gasteiger partial charge on any atom is 0.0802 e. The lowest BCUT2D eigenvalue weighted by atomic mass is 10.0. The molecule has 0 aliphatic carbocycles. The van der Waals surface area contributed by atoms with Gasteiger partial charge in [0, 0.05) is 32.7 Å². The van der Waals surface area contributed by atoms with Crippen LogP contribution in [0.1, 0.15) is 23.7 Å². The molecular formula is C15H24N2O. The Labute approximate surface area is 110 Å². The molecule has 0 amide bonds. The van der Waals surface area contributed by atoms with Crippen LogP contribution in [0.15, 0.2) is 24.3 Å². The van der Waals surface area contributed by atoms with Crippen molar-refractivity contribution in [2.45, 2.75) is 19.4 Å². The number of aliphatic hydroxyl groups excluding tert-OH is 1. The number of likely N-dealkylation sites (N-methyl/N-ethyl adjacent to an activating group) is 1. The van der Waals surface area contributed by atoms with Gasteiger partial charge >= 0.3 is 0 Å². The normalized spacial score (nSPS) is 19.9. The third-order valence-electron chi connectivity index (χ3n) is 3.74. The summed E-state index contributed by atoms with van der Waals surface area (Å²) < 4.78 is 0. The van der Waals surface area contributed by atoms with Crippen LogP contribution in [0, 0.1) is 6.92 Å². The highest BCUT2D eigenvalue weighted by molar-refractivity contribution is 5.23. The van der Waals surface area contributed by atoms with Crippen molar-refractivity contribution in [3.63, 3.8) is 0 Å². The van der Waals surface area contributed by atoms with Crippen LogP contribution in [0.25, 0.3) is 0 Å². The molecule has 100 valence electrons. The van der Waals surface area contributed by atoms with Crippen LogP contribution < -0.4 is 0 Å². The number of aryl methyl sites for hydroxylation is 1. The summed E-state index contributed by atoms with van der Waals surface area (Å²) in [5.74, 6) is 0. The Morgan fingerprint density at radius 3 is 2.61 bits per heavy atom. The molecule has 0 spiro atoms.